The summed E-state index contributed by atoms with van der Waals surface area (Å²) in [5.74, 6) is 0.628. The predicted octanol–water partition coefficient (Wildman–Crippen LogP) is 2.72. The molecule has 0 saturated heterocycles. The fourth-order valence-electron chi connectivity index (χ4n) is 1.30. The third-order valence-corrected chi connectivity index (χ3v) is 2.92. The van der Waals surface area contributed by atoms with Gasteiger partial charge in [-0.05, 0) is 23.6 Å². The molecule has 2 heterocycles. The lowest BCUT2D eigenvalue weighted by Crippen LogP contribution is -1.96. The fourth-order valence-corrected chi connectivity index (χ4v) is 2.00. The van der Waals surface area contributed by atoms with E-state index in [-0.39, 0.29) is 0 Å². The van der Waals surface area contributed by atoms with Crippen molar-refractivity contribution >= 4 is 17.2 Å². The number of rotatable bonds is 2. The second-order valence-corrected chi connectivity index (χ2v) is 3.88. The van der Waals surface area contributed by atoms with Gasteiger partial charge >= 0.3 is 0 Å². The minimum Gasteiger partial charge on any atom is -0.372 e. The molecule has 0 bridgehead atoms. The second-order valence-electron chi connectivity index (χ2n) is 2.93. The molecular formula is C11H9N3S. The zero-order valence-corrected chi connectivity index (χ0v) is 9.01. The molecule has 0 unspecified atom stereocenters. The quantitative estimate of drug-likeness (QED) is 0.838. The van der Waals surface area contributed by atoms with Gasteiger partial charge in [-0.1, -0.05) is 6.07 Å². The number of hydrogen-bond donors (Lipinski definition) is 1. The van der Waals surface area contributed by atoms with Crippen LogP contribution >= 0.6 is 11.3 Å². The Labute approximate surface area is 92.0 Å². The molecule has 1 N–H and O–H groups in total. The molecule has 74 valence electrons. The van der Waals surface area contributed by atoms with Crippen LogP contribution in [-0.4, -0.2) is 12.0 Å². The van der Waals surface area contributed by atoms with Crippen LogP contribution in [0.3, 0.4) is 0 Å². The number of anilines is 1. The van der Waals surface area contributed by atoms with E-state index < -0.39 is 0 Å². The predicted molar refractivity (Wildman–Crippen MR) is 61.8 cm³/mol. The first-order valence-electron chi connectivity index (χ1n) is 4.48. The van der Waals surface area contributed by atoms with Crippen molar-refractivity contribution in [3.05, 3.63) is 35.2 Å². The maximum absolute atomic E-state index is 8.84. The maximum Gasteiger partial charge on any atom is 0.144 e. The van der Waals surface area contributed by atoms with Gasteiger partial charge in [-0.3, -0.25) is 0 Å². The molecule has 0 spiro atoms. The topological polar surface area (TPSA) is 48.7 Å². The van der Waals surface area contributed by atoms with Gasteiger partial charge in [-0.25, -0.2) is 4.98 Å². The molecule has 3 nitrogen and oxygen atoms in total. The lowest BCUT2D eigenvalue weighted by atomic mass is 10.2. The minimum absolute atomic E-state index is 0.567. The number of thiophene rings is 1. The van der Waals surface area contributed by atoms with Gasteiger partial charge in [0.25, 0.3) is 0 Å². The summed E-state index contributed by atoms with van der Waals surface area (Å²) in [5, 5.41) is 13.8. The minimum atomic E-state index is 0.567. The largest absolute Gasteiger partial charge is 0.372 e. The Hall–Kier alpha value is -1.86. The molecular weight excluding hydrogens is 206 g/mol. The molecule has 4 heteroatoms. The number of nitrogens with one attached hydrogen (secondary N) is 1. The van der Waals surface area contributed by atoms with Crippen LogP contribution in [0.5, 0.6) is 0 Å². The summed E-state index contributed by atoms with van der Waals surface area (Å²) in [5.41, 5.74) is 1.46. The SMILES string of the molecule is CNc1nc(-c2cccs2)ccc1C#N. The van der Waals surface area contributed by atoms with E-state index in [9.17, 15) is 0 Å². The van der Waals surface area contributed by atoms with Crippen LogP contribution in [0.15, 0.2) is 29.6 Å². The highest BCUT2D eigenvalue weighted by molar-refractivity contribution is 7.13. The molecule has 2 aromatic rings. The van der Waals surface area contributed by atoms with E-state index in [1.165, 1.54) is 0 Å². The normalized spacial score (nSPS) is 9.60. The Balaban J connectivity index is 2.49. The summed E-state index contributed by atoms with van der Waals surface area (Å²) >= 11 is 1.64. The van der Waals surface area contributed by atoms with E-state index in [1.807, 2.05) is 23.6 Å². The van der Waals surface area contributed by atoms with Gasteiger partial charge in [0.2, 0.25) is 0 Å². The highest BCUT2D eigenvalue weighted by Gasteiger charge is 2.05. The number of pyridine rings is 1. The molecule has 0 radical (unpaired) electrons. The smallest absolute Gasteiger partial charge is 0.144 e. The van der Waals surface area contributed by atoms with Gasteiger partial charge in [0.15, 0.2) is 0 Å². The number of hydrogen-bond acceptors (Lipinski definition) is 4. The van der Waals surface area contributed by atoms with Crippen molar-refractivity contribution in [3.8, 4) is 16.6 Å². The molecule has 15 heavy (non-hydrogen) atoms. The molecule has 2 aromatic heterocycles. The van der Waals surface area contributed by atoms with Crippen LogP contribution in [0, 0.1) is 11.3 Å². The number of nitrogens with zero attached hydrogens (tertiary/aromatic N) is 2. The van der Waals surface area contributed by atoms with Crippen molar-refractivity contribution in [3.63, 3.8) is 0 Å². The van der Waals surface area contributed by atoms with Crippen LogP contribution in [0.2, 0.25) is 0 Å². The maximum atomic E-state index is 8.84. The van der Waals surface area contributed by atoms with Crippen molar-refractivity contribution in [1.29, 1.82) is 5.26 Å². The second kappa shape index (κ2) is 4.11. The Morgan fingerprint density at radius 1 is 1.40 bits per heavy atom. The van der Waals surface area contributed by atoms with Gasteiger partial charge in [-0.15, -0.1) is 11.3 Å². The Morgan fingerprint density at radius 2 is 2.27 bits per heavy atom. The molecule has 0 aromatic carbocycles. The number of nitriles is 1. The third-order valence-electron chi connectivity index (χ3n) is 2.03. The molecule has 0 fully saturated rings. The molecule has 0 aliphatic carbocycles. The summed E-state index contributed by atoms with van der Waals surface area (Å²) in [7, 11) is 1.77. The zero-order valence-electron chi connectivity index (χ0n) is 8.19. The summed E-state index contributed by atoms with van der Waals surface area (Å²) in [4.78, 5) is 5.49. The van der Waals surface area contributed by atoms with E-state index >= 15 is 0 Å². The fraction of sp³-hybridized carbons (Fsp3) is 0.0909. The van der Waals surface area contributed by atoms with Gasteiger partial charge in [-0.2, -0.15) is 5.26 Å². The average molecular weight is 215 g/mol. The van der Waals surface area contributed by atoms with Crippen molar-refractivity contribution in [2.45, 2.75) is 0 Å². The highest BCUT2D eigenvalue weighted by Crippen LogP contribution is 2.25. The Morgan fingerprint density at radius 3 is 2.87 bits per heavy atom. The summed E-state index contributed by atoms with van der Waals surface area (Å²) in [6, 6.07) is 9.75. The van der Waals surface area contributed by atoms with Gasteiger partial charge in [0.1, 0.15) is 11.9 Å². The first-order chi connectivity index (χ1) is 7.35. The zero-order chi connectivity index (χ0) is 10.7. The van der Waals surface area contributed by atoms with Crippen LogP contribution in [0.4, 0.5) is 5.82 Å². The molecule has 0 atom stereocenters. The molecule has 0 aliphatic heterocycles. The summed E-state index contributed by atoms with van der Waals surface area (Å²) in [6.07, 6.45) is 0. The van der Waals surface area contributed by atoms with E-state index in [0.29, 0.717) is 11.4 Å². The number of aromatic nitrogens is 1. The van der Waals surface area contributed by atoms with Gasteiger partial charge in [0, 0.05) is 7.05 Å². The van der Waals surface area contributed by atoms with E-state index in [2.05, 4.69) is 16.4 Å². The summed E-state index contributed by atoms with van der Waals surface area (Å²) < 4.78 is 0. The van der Waals surface area contributed by atoms with E-state index in [4.69, 9.17) is 5.26 Å². The van der Waals surface area contributed by atoms with Crippen molar-refractivity contribution < 1.29 is 0 Å². The van der Waals surface area contributed by atoms with Crippen LogP contribution in [0.25, 0.3) is 10.6 Å². The highest BCUT2D eigenvalue weighted by atomic mass is 32.1. The van der Waals surface area contributed by atoms with Crippen molar-refractivity contribution in [2.75, 3.05) is 12.4 Å². The standard InChI is InChI=1S/C11H9N3S/c1-13-11-8(7-12)4-5-9(14-11)10-3-2-6-15-10/h2-6H,1H3,(H,13,14). The van der Waals surface area contributed by atoms with Crippen molar-refractivity contribution in [2.24, 2.45) is 0 Å². The van der Waals surface area contributed by atoms with E-state index in [1.54, 1.807) is 24.5 Å². The van der Waals surface area contributed by atoms with Crippen LogP contribution in [-0.2, 0) is 0 Å². The lowest BCUT2D eigenvalue weighted by molar-refractivity contribution is 1.27. The van der Waals surface area contributed by atoms with Crippen LogP contribution in [0.1, 0.15) is 5.56 Å². The Kier molecular flexibility index (Phi) is 2.66. The third kappa shape index (κ3) is 1.83. The van der Waals surface area contributed by atoms with Crippen LogP contribution < -0.4 is 5.32 Å². The van der Waals surface area contributed by atoms with Gasteiger partial charge in [0.05, 0.1) is 16.1 Å². The first-order valence-corrected chi connectivity index (χ1v) is 5.36. The molecule has 0 amide bonds. The van der Waals surface area contributed by atoms with E-state index in [0.717, 1.165) is 10.6 Å². The van der Waals surface area contributed by atoms with Crippen molar-refractivity contribution in [1.82, 2.24) is 4.98 Å². The molecule has 0 saturated carbocycles. The summed E-state index contributed by atoms with van der Waals surface area (Å²) in [6.45, 7) is 0. The first kappa shape index (κ1) is 9.69. The van der Waals surface area contributed by atoms with Gasteiger partial charge < -0.3 is 5.32 Å². The molecule has 2 rings (SSSR count). The Bertz CT molecular complexity index is 497. The lowest BCUT2D eigenvalue weighted by Gasteiger charge is -2.03. The molecule has 0 aliphatic rings. The average Bonchev–Trinajstić information content (AvgIpc) is 2.81. The monoisotopic (exact) mass is 215 g/mol.